The molecule has 0 fully saturated rings. The number of rotatable bonds is 4. The molecule has 1 amide bonds. The number of hydrogen-bond acceptors (Lipinski definition) is 4. The predicted molar refractivity (Wildman–Crippen MR) is 56.9 cm³/mol. The molecular weight excluding hydrogens is 198 g/mol. The van der Waals surface area contributed by atoms with Gasteiger partial charge in [-0.15, -0.1) is 11.3 Å². The van der Waals surface area contributed by atoms with Gasteiger partial charge in [0.25, 0.3) is 0 Å². The fourth-order valence-electron chi connectivity index (χ4n) is 1.16. The first kappa shape index (κ1) is 11.1. The Bertz CT molecular complexity index is 284. The molecule has 1 aromatic heterocycles. The van der Waals surface area contributed by atoms with E-state index in [0.29, 0.717) is 6.54 Å². The summed E-state index contributed by atoms with van der Waals surface area (Å²) in [6.07, 6.45) is 1.78. The van der Waals surface area contributed by atoms with Crippen molar-refractivity contribution in [2.24, 2.45) is 5.73 Å². The van der Waals surface area contributed by atoms with Crippen LogP contribution < -0.4 is 5.73 Å². The van der Waals surface area contributed by atoms with Gasteiger partial charge < -0.3 is 10.6 Å². The Kier molecular flexibility index (Phi) is 4.03. The zero-order valence-corrected chi connectivity index (χ0v) is 9.25. The van der Waals surface area contributed by atoms with Gasteiger partial charge in [0.2, 0.25) is 5.91 Å². The highest BCUT2D eigenvalue weighted by Gasteiger charge is 2.15. The molecule has 0 aliphatic heterocycles. The second-order valence-corrected chi connectivity index (χ2v) is 4.26. The van der Waals surface area contributed by atoms with E-state index in [1.165, 1.54) is 0 Å². The lowest BCUT2D eigenvalue weighted by Crippen LogP contribution is -2.40. The van der Waals surface area contributed by atoms with Gasteiger partial charge in [-0.05, 0) is 13.8 Å². The minimum Gasteiger partial charge on any atom is -0.334 e. The molecule has 0 saturated carbocycles. The Hall–Kier alpha value is -0.940. The van der Waals surface area contributed by atoms with E-state index < -0.39 is 0 Å². The van der Waals surface area contributed by atoms with Crippen LogP contribution in [0.2, 0.25) is 0 Å². The predicted octanol–water partition coefficient (Wildman–Crippen LogP) is 0.839. The SMILES string of the molecule is CC(C)N(Cc1cncs1)C(=O)CN. The van der Waals surface area contributed by atoms with E-state index in [1.807, 2.05) is 13.8 Å². The smallest absolute Gasteiger partial charge is 0.236 e. The number of amides is 1. The highest BCUT2D eigenvalue weighted by atomic mass is 32.1. The van der Waals surface area contributed by atoms with Crippen LogP contribution in [0.25, 0.3) is 0 Å². The number of nitrogens with zero attached hydrogens (tertiary/aromatic N) is 2. The van der Waals surface area contributed by atoms with E-state index >= 15 is 0 Å². The van der Waals surface area contributed by atoms with E-state index in [1.54, 1.807) is 27.9 Å². The second kappa shape index (κ2) is 5.07. The highest BCUT2D eigenvalue weighted by molar-refractivity contribution is 7.09. The van der Waals surface area contributed by atoms with Crippen LogP contribution in [0.1, 0.15) is 18.7 Å². The van der Waals surface area contributed by atoms with Crippen LogP contribution in [0, 0.1) is 0 Å². The van der Waals surface area contributed by atoms with Crippen LogP contribution in [-0.4, -0.2) is 28.4 Å². The van der Waals surface area contributed by atoms with Crippen molar-refractivity contribution in [3.05, 3.63) is 16.6 Å². The third-order valence-corrected chi connectivity index (χ3v) is 2.69. The number of carbonyl (C=O) groups excluding carboxylic acids is 1. The van der Waals surface area contributed by atoms with Crippen LogP contribution in [0.4, 0.5) is 0 Å². The summed E-state index contributed by atoms with van der Waals surface area (Å²) in [5, 5.41) is 0. The molecule has 1 aromatic rings. The zero-order chi connectivity index (χ0) is 10.6. The maximum atomic E-state index is 11.5. The molecule has 5 heteroatoms. The summed E-state index contributed by atoms with van der Waals surface area (Å²) in [6.45, 7) is 4.64. The Balaban J connectivity index is 2.65. The molecule has 0 bridgehead atoms. The molecule has 0 atom stereocenters. The standard InChI is InChI=1S/C9H15N3OS/c1-7(2)12(9(13)3-10)5-8-4-11-6-14-8/h4,6-7H,3,5,10H2,1-2H3. The average Bonchev–Trinajstić information content (AvgIpc) is 2.65. The van der Waals surface area contributed by atoms with E-state index in [4.69, 9.17) is 5.73 Å². The molecule has 0 aromatic carbocycles. The molecule has 2 N–H and O–H groups in total. The minimum absolute atomic E-state index is 0.0200. The summed E-state index contributed by atoms with van der Waals surface area (Å²) in [5.41, 5.74) is 7.10. The Labute approximate surface area is 87.7 Å². The van der Waals surface area contributed by atoms with Gasteiger partial charge in [-0.1, -0.05) is 0 Å². The van der Waals surface area contributed by atoms with Gasteiger partial charge in [0.1, 0.15) is 0 Å². The van der Waals surface area contributed by atoms with Crippen molar-refractivity contribution in [2.45, 2.75) is 26.4 Å². The molecule has 0 spiro atoms. The number of aromatic nitrogens is 1. The Morgan fingerprint density at radius 1 is 1.71 bits per heavy atom. The first-order valence-electron chi connectivity index (χ1n) is 4.52. The Morgan fingerprint density at radius 3 is 2.86 bits per heavy atom. The molecule has 1 rings (SSSR count). The molecule has 78 valence electrons. The third kappa shape index (κ3) is 2.78. The van der Waals surface area contributed by atoms with Crippen molar-refractivity contribution >= 4 is 17.2 Å². The molecule has 0 unspecified atom stereocenters. The highest BCUT2D eigenvalue weighted by Crippen LogP contribution is 2.11. The van der Waals surface area contributed by atoms with Crippen LogP contribution in [-0.2, 0) is 11.3 Å². The molecule has 0 aliphatic carbocycles. The number of hydrogen-bond donors (Lipinski definition) is 1. The largest absolute Gasteiger partial charge is 0.334 e. The van der Waals surface area contributed by atoms with E-state index in [2.05, 4.69) is 4.98 Å². The fraction of sp³-hybridized carbons (Fsp3) is 0.556. The summed E-state index contributed by atoms with van der Waals surface area (Å²) in [4.78, 5) is 18.3. The normalized spacial score (nSPS) is 10.6. The van der Waals surface area contributed by atoms with Crippen LogP contribution in [0.15, 0.2) is 11.7 Å². The lowest BCUT2D eigenvalue weighted by atomic mass is 10.3. The van der Waals surface area contributed by atoms with Gasteiger partial charge in [-0.2, -0.15) is 0 Å². The molecule has 0 saturated heterocycles. The van der Waals surface area contributed by atoms with Crippen molar-refractivity contribution in [1.82, 2.24) is 9.88 Å². The monoisotopic (exact) mass is 213 g/mol. The second-order valence-electron chi connectivity index (χ2n) is 3.29. The van der Waals surface area contributed by atoms with Gasteiger partial charge >= 0.3 is 0 Å². The van der Waals surface area contributed by atoms with Gasteiger partial charge in [0.15, 0.2) is 0 Å². The minimum atomic E-state index is -0.0200. The molecular formula is C9H15N3OS. The number of carbonyl (C=O) groups is 1. The summed E-state index contributed by atoms with van der Waals surface area (Å²) in [6, 6.07) is 0.174. The maximum absolute atomic E-state index is 11.5. The topological polar surface area (TPSA) is 59.2 Å². The van der Waals surface area contributed by atoms with Crippen LogP contribution >= 0.6 is 11.3 Å². The van der Waals surface area contributed by atoms with Crippen LogP contribution in [0.3, 0.4) is 0 Å². The first-order valence-corrected chi connectivity index (χ1v) is 5.40. The zero-order valence-electron chi connectivity index (χ0n) is 8.43. The number of thiazole rings is 1. The molecule has 14 heavy (non-hydrogen) atoms. The van der Waals surface area contributed by atoms with Crippen molar-refractivity contribution in [1.29, 1.82) is 0 Å². The quantitative estimate of drug-likeness (QED) is 0.806. The van der Waals surface area contributed by atoms with Crippen molar-refractivity contribution < 1.29 is 4.79 Å². The van der Waals surface area contributed by atoms with Crippen molar-refractivity contribution in [3.63, 3.8) is 0 Å². The lowest BCUT2D eigenvalue weighted by molar-refractivity contribution is -0.131. The average molecular weight is 213 g/mol. The van der Waals surface area contributed by atoms with Gasteiger partial charge in [-0.25, -0.2) is 0 Å². The number of nitrogens with two attached hydrogens (primary N) is 1. The van der Waals surface area contributed by atoms with Gasteiger partial charge in [0.05, 0.1) is 18.6 Å². The molecule has 4 nitrogen and oxygen atoms in total. The maximum Gasteiger partial charge on any atom is 0.236 e. The summed E-state index contributed by atoms with van der Waals surface area (Å²) >= 11 is 1.55. The van der Waals surface area contributed by atoms with Gasteiger partial charge in [-0.3, -0.25) is 9.78 Å². The molecule has 0 radical (unpaired) electrons. The summed E-state index contributed by atoms with van der Waals surface area (Å²) in [7, 11) is 0. The van der Waals surface area contributed by atoms with Gasteiger partial charge in [0, 0.05) is 17.1 Å². The molecule has 1 heterocycles. The van der Waals surface area contributed by atoms with Crippen molar-refractivity contribution in [3.8, 4) is 0 Å². The first-order chi connectivity index (χ1) is 6.65. The third-order valence-electron chi connectivity index (χ3n) is 1.93. The fourth-order valence-corrected chi connectivity index (χ4v) is 1.76. The van der Waals surface area contributed by atoms with E-state index in [9.17, 15) is 4.79 Å². The summed E-state index contributed by atoms with van der Waals surface area (Å²) < 4.78 is 0. The van der Waals surface area contributed by atoms with Crippen LogP contribution in [0.5, 0.6) is 0 Å². The lowest BCUT2D eigenvalue weighted by Gasteiger charge is -2.25. The summed E-state index contributed by atoms with van der Waals surface area (Å²) in [5.74, 6) is -0.0200. The van der Waals surface area contributed by atoms with E-state index in [-0.39, 0.29) is 18.5 Å². The Morgan fingerprint density at radius 2 is 2.43 bits per heavy atom. The molecule has 0 aliphatic rings. The van der Waals surface area contributed by atoms with Crippen molar-refractivity contribution in [2.75, 3.05) is 6.54 Å². The van der Waals surface area contributed by atoms with E-state index in [0.717, 1.165) is 4.88 Å².